The molecule has 23 heavy (non-hydrogen) atoms. The lowest BCUT2D eigenvalue weighted by atomic mass is 10.0. The van der Waals surface area contributed by atoms with Crippen LogP contribution in [0.25, 0.3) is 0 Å². The van der Waals surface area contributed by atoms with Gasteiger partial charge in [0.2, 0.25) is 0 Å². The van der Waals surface area contributed by atoms with Crippen LogP contribution in [0.4, 0.5) is 0 Å². The van der Waals surface area contributed by atoms with E-state index in [1.807, 2.05) is 0 Å². The molecule has 0 unspecified atom stereocenters. The molecule has 2 nitrogen and oxygen atoms in total. The first kappa shape index (κ1) is 23.5. The molecule has 0 spiro atoms. The summed E-state index contributed by atoms with van der Waals surface area (Å²) < 4.78 is 10.7. The van der Waals surface area contributed by atoms with E-state index in [-0.39, 0.29) is 0 Å². The third-order valence-corrected chi connectivity index (χ3v) is 6.87. The van der Waals surface area contributed by atoms with Gasteiger partial charge < -0.3 is 8.85 Å². The molecule has 0 aliphatic heterocycles. The lowest BCUT2D eigenvalue weighted by molar-refractivity contribution is 0.276. The van der Waals surface area contributed by atoms with Crippen LogP contribution in [-0.4, -0.2) is 29.3 Å². The topological polar surface area (TPSA) is 18.5 Å². The van der Waals surface area contributed by atoms with Crippen LogP contribution < -0.4 is 0 Å². The summed E-state index contributed by atoms with van der Waals surface area (Å²) in [5, 5.41) is 0. The predicted molar refractivity (Wildman–Crippen MR) is 109 cm³/mol. The summed E-state index contributed by atoms with van der Waals surface area (Å²) in [6, 6.07) is 1.17. The van der Waals surface area contributed by atoms with E-state index >= 15 is 0 Å². The van der Waals surface area contributed by atoms with Gasteiger partial charge in [0.1, 0.15) is 0 Å². The predicted octanol–water partition coefficient (Wildman–Crippen LogP) is 6.28. The number of rotatable bonds is 19. The largest absolute Gasteiger partial charge is 0.400 e. The second-order valence-electron chi connectivity index (χ2n) is 6.72. The first-order valence-corrected chi connectivity index (χ1v) is 12.4. The molecule has 0 amide bonds. The first-order valence-electron chi connectivity index (χ1n) is 10.0. The van der Waals surface area contributed by atoms with Crippen molar-refractivity contribution in [1.29, 1.82) is 0 Å². The molecule has 0 atom stereocenters. The molecule has 140 valence electrons. The van der Waals surface area contributed by atoms with Gasteiger partial charge in [-0.05, 0) is 18.2 Å². The lowest BCUT2D eigenvalue weighted by Gasteiger charge is -2.10. The molecular weight excluding hydrogens is 320 g/mol. The van der Waals surface area contributed by atoms with Gasteiger partial charge in [-0.15, -0.1) is 0 Å². The summed E-state index contributed by atoms with van der Waals surface area (Å²) in [6.07, 6.45) is 21.1. The van der Waals surface area contributed by atoms with E-state index < -0.39 is 9.28 Å². The Morgan fingerprint density at radius 1 is 0.522 bits per heavy atom. The van der Waals surface area contributed by atoms with Crippen LogP contribution in [0.2, 0.25) is 6.04 Å². The molecule has 0 rings (SSSR count). The van der Waals surface area contributed by atoms with Gasteiger partial charge in [-0.1, -0.05) is 89.9 Å². The fourth-order valence-corrected chi connectivity index (χ4v) is 4.56. The van der Waals surface area contributed by atoms with E-state index in [1.54, 1.807) is 14.2 Å². The van der Waals surface area contributed by atoms with Crippen molar-refractivity contribution in [2.24, 2.45) is 0 Å². The van der Waals surface area contributed by atoms with E-state index in [9.17, 15) is 0 Å². The fourth-order valence-electron chi connectivity index (χ4n) is 3.05. The van der Waals surface area contributed by atoms with Crippen molar-refractivity contribution in [3.05, 3.63) is 0 Å². The van der Waals surface area contributed by atoms with Crippen LogP contribution >= 0.6 is 12.6 Å². The Balaban J connectivity index is 3.02. The van der Waals surface area contributed by atoms with Crippen LogP contribution in [0.1, 0.15) is 96.3 Å². The monoisotopic (exact) mass is 362 g/mol. The quantitative estimate of drug-likeness (QED) is 0.165. The van der Waals surface area contributed by atoms with Crippen molar-refractivity contribution < 1.29 is 8.85 Å². The molecule has 0 aromatic heterocycles. The van der Waals surface area contributed by atoms with E-state index in [0.29, 0.717) is 0 Å². The summed E-state index contributed by atoms with van der Waals surface area (Å²) in [6.45, 7) is 0. The molecule has 0 fully saturated rings. The van der Waals surface area contributed by atoms with Gasteiger partial charge in [-0.3, -0.25) is 0 Å². The van der Waals surface area contributed by atoms with Gasteiger partial charge in [0.25, 0.3) is 0 Å². The Hall–Kier alpha value is 0.487. The van der Waals surface area contributed by atoms with E-state index in [4.69, 9.17) is 8.85 Å². The normalized spacial score (nSPS) is 11.5. The zero-order chi connectivity index (χ0) is 17.0. The van der Waals surface area contributed by atoms with Gasteiger partial charge in [-0.25, -0.2) is 0 Å². The average molecular weight is 363 g/mol. The maximum Gasteiger partial charge on any atom is 0.320 e. The van der Waals surface area contributed by atoms with Gasteiger partial charge in [0, 0.05) is 14.2 Å². The third-order valence-electron chi connectivity index (χ3n) is 4.62. The molecular formula is C19H42O2SSi. The van der Waals surface area contributed by atoms with Crippen molar-refractivity contribution in [2.45, 2.75) is 102 Å². The highest BCUT2D eigenvalue weighted by molar-refractivity contribution is 7.80. The maximum absolute atomic E-state index is 5.34. The smallest absolute Gasteiger partial charge is 0.320 e. The Morgan fingerprint density at radius 2 is 0.826 bits per heavy atom. The summed E-state index contributed by atoms with van der Waals surface area (Å²) in [4.78, 5) is 0. The standard InChI is InChI=1S/C19H42O2SSi/c1-20-23(21-2)19-17-15-13-11-9-7-5-3-4-6-8-10-12-14-16-18-22/h22-23H,3-19H2,1-2H3. The van der Waals surface area contributed by atoms with Gasteiger partial charge in [-0.2, -0.15) is 12.6 Å². The highest BCUT2D eigenvalue weighted by atomic mass is 32.1. The highest BCUT2D eigenvalue weighted by Gasteiger charge is 2.07. The van der Waals surface area contributed by atoms with Gasteiger partial charge in [0.05, 0.1) is 0 Å². The second-order valence-corrected chi connectivity index (χ2v) is 9.54. The number of hydrogen-bond acceptors (Lipinski definition) is 3. The highest BCUT2D eigenvalue weighted by Crippen LogP contribution is 2.14. The summed E-state index contributed by atoms with van der Waals surface area (Å²) >= 11 is 4.25. The first-order chi connectivity index (χ1) is 11.3. The van der Waals surface area contributed by atoms with Gasteiger partial charge >= 0.3 is 9.28 Å². The molecule has 0 bridgehead atoms. The van der Waals surface area contributed by atoms with E-state index in [1.165, 1.54) is 102 Å². The van der Waals surface area contributed by atoms with Crippen LogP contribution in [0, 0.1) is 0 Å². The Kier molecular flexibility index (Phi) is 21.0. The van der Waals surface area contributed by atoms with E-state index in [0.717, 1.165) is 5.75 Å². The molecule has 0 aromatic rings. The molecule has 0 aromatic carbocycles. The summed E-state index contributed by atoms with van der Waals surface area (Å²) in [5.74, 6) is 1.06. The molecule has 0 radical (unpaired) electrons. The van der Waals surface area contributed by atoms with Crippen molar-refractivity contribution in [3.63, 3.8) is 0 Å². The minimum Gasteiger partial charge on any atom is -0.400 e. The maximum atomic E-state index is 5.34. The third kappa shape index (κ3) is 18.7. The summed E-state index contributed by atoms with van der Waals surface area (Å²) in [5.41, 5.74) is 0. The molecule has 0 aliphatic carbocycles. The average Bonchev–Trinajstić information content (AvgIpc) is 2.58. The van der Waals surface area contributed by atoms with Crippen LogP contribution in [0.5, 0.6) is 0 Å². The minimum absolute atomic E-state index is 1.06. The van der Waals surface area contributed by atoms with E-state index in [2.05, 4.69) is 12.6 Å². The number of thiol groups is 1. The Morgan fingerprint density at radius 3 is 1.13 bits per heavy atom. The molecule has 0 saturated heterocycles. The molecule has 0 heterocycles. The molecule has 0 aliphatic rings. The molecule has 0 N–H and O–H groups in total. The van der Waals surface area contributed by atoms with Crippen molar-refractivity contribution in [3.8, 4) is 0 Å². The zero-order valence-electron chi connectivity index (χ0n) is 15.9. The fraction of sp³-hybridized carbons (Fsp3) is 1.00. The van der Waals surface area contributed by atoms with Crippen LogP contribution in [-0.2, 0) is 8.85 Å². The Bertz CT molecular complexity index is 214. The van der Waals surface area contributed by atoms with Crippen LogP contribution in [0.15, 0.2) is 0 Å². The Labute approximate surface area is 153 Å². The van der Waals surface area contributed by atoms with Gasteiger partial charge in [0.15, 0.2) is 0 Å². The second kappa shape index (κ2) is 20.5. The SMILES string of the molecule is CO[SiH](CCCCCCCCCCCCCCCCCS)OC. The molecule has 0 saturated carbocycles. The molecule has 4 heteroatoms. The van der Waals surface area contributed by atoms with Crippen molar-refractivity contribution in [1.82, 2.24) is 0 Å². The lowest BCUT2D eigenvalue weighted by Crippen LogP contribution is -2.18. The summed E-state index contributed by atoms with van der Waals surface area (Å²) in [7, 11) is 2.28. The van der Waals surface area contributed by atoms with Crippen molar-refractivity contribution in [2.75, 3.05) is 20.0 Å². The number of unbranched alkanes of at least 4 members (excludes halogenated alkanes) is 14. The zero-order valence-corrected chi connectivity index (χ0v) is 17.9. The van der Waals surface area contributed by atoms with Crippen molar-refractivity contribution >= 4 is 21.9 Å². The van der Waals surface area contributed by atoms with Crippen LogP contribution in [0.3, 0.4) is 0 Å². The minimum atomic E-state index is -1.29. The number of hydrogen-bond donors (Lipinski definition) is 1.